The summed E-state index contributed by atoms with van der Waals surface area (Å²) in [5.41, 5.74) is 3.61. The minimum absolute atomic E-state index is 0.00175. The van der Waals surface area contributed by atoms with Crippen LogP contribution in [0.3, 0.4) is 0 Å². The molecule has 3 heterocycles. The monoisotopic (exact) mass is 668 g/mol. The van der Waals surface area contributed by atoms with Crippen LogP contribution in [0.4, 0.5) is 0 Å². The van der Waals surface area contributed by atoms with Crippen LogP contribution in [0.2, 0.25) is 13.1 Å². The molecule has 0 amide bonds. The summed E-state index contributed by atoms with van der Waals surface area (Å²) in [7, 11) is -3.32. The SMILES string of the molecule is [2H]c1c([2H])c([2H])c2c(oc3c4c(c([2H])c(-c5nc(-c6ccccc6)nc(-c6cccc(-c7ccccc7)c6)n5)c32)[Si](C)(C)c2c([2H])c([2H])c3c([2H])c([2H])c([2H])c([2H])c3c2-4)c1[2H]. The van der Waals surface area contributed by atoms with E-state index in [1.807, 2.05) is 98.0 Å². The van der Waals surface area contributed by atoms with Gasteiger partial charge in [0.25, 0.3) is 0 Å². The predicted octanol–water partition coefficient (Wildman–Crippen LogP) is 10.4. The standard InChI is InChI=1S/C45H31N3OSi/c1-50(2)37-25-24-29-16-9-10-21-33(29)40(37)41-38(50)27-35(39-34-22-11-12-23-36(34)49-42(39)41)45-47-43(30-17-7-4-8-18-30)46-44(48-45)32-20-13-19-31(26-32)28-14-5-3-6-15-28/h3-27H,1-2H3/i9D,10D,11D,12D,16D,21D,22D,23D,24D,25D,27D. The normalized spacial score (nSPS) is 16.2. The Labute approximate surface area is 306 Å². The predicted molar refractivity (Wildman–Crippen MR) is 209 cm³/mol. The molecule has 2 aromatic heterocycles. The minimum Gasteiger partial charge on any atom is -0.455 e. The lowest BCUT2D eigenvalue weighted by Crippen LogP contribution is -2.49. The fourth-order valence-corrected chi connectivity index (χ4v) is 9.83. The molecule has 0 unspecified atom stereocenters. The molecular weight excluding hydrogens is 627 g/mol. The molecule has 236 valence electrons. The van der Waals surface area contributed by atoms with Gasteiger partial charge in [-0.25, -0.2) is 15.0 Å². The van der Waals surface area contributed by atoms with E-state index in [1.54, 1.807) is 0 Å². The van der Waals surface area contributed by atoms with Crippen molar-refractivity contribution in [1.29, 1.82) is 0 Å². The highest BCUT2D eigenvalue weighted by molar-refractivity contribution is 7.04. The fraction of sp³-hybridized carbons (Fsp3) is 0.0444. The van der Waals surface area contributed by atoms with Crippen LogP contribution in [0.15, 0.2) is 156 Å². The van der Waals surface area contributed by atoms with Gasteiger partial charge in [0.1, 0.15) is 19.2 Å². The summed E-state index contributed by atoms with van der Waals surface area (Å²) < 4.78 is 106. The molecule has 0 saturated heterocycles. The molecule has 0 fully saturated rings. The van der Waals surface area contributed by atoms with Gasteiger partial charge < -0.3 is 4.42 Å². The molecule has 10 rings (SSSR count). The van der Waals surface area contributed by atoms with Crippen LogP contribution in [0, 0.1) is 0 Å². The second-order valence-corrected chi connectivity index (χ2v) is 17.0. The van der Waals surface area contributed by atoms with E-state index < -0.39 is 56.4 Å². The van der Waals surface area contributed by atoms with Crippen LogP contribution in [-0.2, 0) is 0 Å². The van der Waals surface area contributed by atoms with E-state index in [-0.39, 0.29) is 85.0 Å². The van der Waals surface area contributed by atoms with Gasteiger partial charge in [-0.1, -0.05) is 146 Å². The summed E-state index contributed by atoms with van der Waals surface area (Å²) in [5.74, 6) is 0.586. The van der Waals surface area contributed by atoms with Crippen molar-refractivity contribution in [3.8, 4) is 56.4 Å². The zero-order valence-corrected chi connectivity index (χ0v) is 27.8. The third kappa shape index (κ3) is 4.33. The van der Waals surface area contributed by atoms with Gasteiger partial charge in [-0.05, 0) is 56.0 Å². The van der Waals surface area contributed by atoms with Gasteiger partial charge in [-0.15, -0.1) is 0 Å². The number of hydrogen-bond acceptors (Lipinski definition) is 4. The van der Waals surface area contributed by atoms with Gasteiger partial charge in [0.2, 0.25) is 0 Å². The number of para-hydroxylation sites is 1. The summed E-state index contributed by atoms with van der Waals surface area (Å²) in [4.78, 5) is 15.0. The zero-order chi connectivity index (χ0) is 43.0. The first-order valence-electron chi connectivity index (χ1n) is 21.6. The number of fused-ring (bicyclic) bond motifs is 9. The molecule has 4 nitrogen and oxygen atoms in total. The van der Waals surface area contributed by atoms with Gasteiger partial charge in [0.15, 0.2) is 17.5 Å². The van der Waals surface area contributed by atoms with Crippen LogP contribution in [0.5, 0.6) is 0 Å². The molecule has 50 heavy (non-hydrogen) atoms. The van der Waals surface area contributed by atoms with Crippen LogP contribution < -0.4 is 10.4 Å². The Hall–Kier alpha value is -6.17. The highest BCUT2D eigenvalue weighted by Gasteiger charge is 2.41. The van der Waals surface area contributed by atoms with E-state index in [0.29, 0.717) is 21.5 Å². The Morgan fingerprint density at radius 1 is 0.560 bits per heavy atom. The lowest BCUT2D eigenvalue weighted by Gasteiger charge is -2.20. The molecular formula is C45H31N3OSi. The second-order valence-electron chi connectivity index (χ2n) is 12.8. The van der Waals surface area contributed by atoms with Crippen LogP contribution in [0.25, 0.3) is 89.1 Å². The van der Waals surface area contributed by atoms with Crippen molar-refractivity contribution >= 4 is 51.2 Å². The first-order valence-corrected chi connectivity index (χ1v) is 19.1. The van der Waals surface area contributed by atoms with Crippen LogP contribution >= 0.6 is 0 Å². The Kier molecular flexibility index (Phi) is 4.31. The summed E-state index contributed by atoms with van der Waals surface area (Å²) in [6.45, 7) is 3.81. The Morgan fingerprint density at radius 3 is 2.00 bits per heavy atom. The number of aromatic nitrogens is 3. The minimum atomic E-state index is -3.32. The molecule has 0 spiro atoms. The van der Waals surface area contributed by atoms with Crippen molar-refractivity contribution < 1.29 is 19.5 Å². The number of rotatable bonds is 4. The fourth-order valence-electron chi connectivity index (χ4n) is 7.02. The Bertz CT molecular complexity index is 3410. The topological polar surface area (TPSA) is 51.8 Å². The van der Waals surface area contributed by atoms with Gasteiger partial charge in [-0.2, -0.15) is 0 Å². The van der Waals surface area contributed by atoms with Crippen molar-refractivity contribution in [2.24, 2.45) is 0 Å². The summed E-state index contributed by atoms with van der Waals surface area (Å²) >= 11 is 0. The summed E-state index contributed by atoms with van der Waals surface area (Å²) in [5, 5.41) is 0.722. The maximum Gasteiger partial charge on any atom is 0.164 e. The molecule has 0 saturated carbocycles. The number of furan rings is 1. The van der Waals surface area contributed by atoms with E-state index in [9.17, 15) is 4.11 Å². The van der Waals surface area contributed by atoms with Crippen LogP contribution in [-0.4, -0.2) is 23.0 Å². The first-order chi connectivity index (χ1) is 29.1. The molecule has 9 aromatic rings. The molecule has 1 aliphatic heterocycles. The molecule has 0 bridgehead atoms. The second kappa shape index (κ2) is 10.9. The quantitative estimate of drug-likeness (QED) is 0.175. The molecule has 7 aromatic carbocycles. The van der Waals surface area contributed by atoms with E-state index in [1.165, 1.54) is 0 Å². The van der Waals surface area contributed by atoms with Gasteiger partial charge in [-0.3, -0.25) is 0 Å². The third-order valence-corrected chi connectivity index (χ3v) is 12.7. The third-order valence-electron chi connectivity index (χ3n) is 9.43. The van der Waals surface area contributed by atoms with Crippen molar-refractivity contribution in [1.82, 2.24) is 15.0 Å². The highest BCUT2D eigenvalue weighted by Crippen LogP contribution is 2.45. The van der Waals surface area contributed by atoms with E-state index in [2.05, 4.69) is 0 Å². The number of benzene rings is 7. The molecule has 5 heteroatoms. The van der Waals surface area contributed by atoms with Crippen molar-refractivity contribution in [3.63, 3.8) is 0 Å². The maximum atomic E-state index is 10.3. The van der Waals surface area contributed by atoms with E-state index in [0.717, 1.165) is 11.1 Å². The lowest BCUT2D eigenvalue weighted by atomic mass is 9.94. The van der Waals surface area contributed by atoms with Crippen molar-refractivity contribution in [2.45, 2.75) is 13.1 Å². The summed E-state index contributed by atoms with van der Waals surface area (Å²) in [6.07, 6.45) is 0. The Morgan fingerprint density at radius 2 is 1.20 bits per heavy atom. The zero-order valence-electron chi connectivity index (χ0n) is 37.8. The molecule has 0 radical (unpaired) electrons. The van der Waals surface area contributed by atoms with E-state index in [4.69, 9.17) is 30.3 Å². The highest BCUT2D eigenvalue weighted by atomic mass is 28.3. The molecule has 0 atom stereocenters. The molecule has 0 N–H and O–H groups in total. The van der Waals surface area contributed by atoms with E-state index >= 15 is 0 Å². The summed E-state index contributed by atoms with van der Waals surface area (Å²) in [6, 6.07) is 22.2. The molecule has 1 aliphatic rings. The van der Waals surface area contributed by atoms with Crippen molar-refractivity contribution in [3.05, 3.63) is 151 Å². The average molecular weight is 669 g/mol. The maximum absolute atomic E-state index is 10.3. The van der Waals surface area contributed by atoms with Crippen molar-refractivity contribution in [2.75, 3.05) is 0 Å². The number of hydrogen-bond donors (Lipinski definition) is 0. The lowest BCUT2D eigenvalue weighted by molar-refractivity contribution is 0.670. The van der Waals surface area contributed by atoms with Crippen LogP contribution in [0.1, 0.15) is 15.1 Å². The van der Waals surface area contributed by atoms with Gasteiger partial charge in [0.05, 0.1) is 15.1 Å². The Balaban J connectivity index is 1.40. The first kappa shape index (κ1) is 19.7. The van der Waals surface area contributed by atoms with Gasteiger partial charge >= 0.3 is 0 Å². The van der Waals surface area contributed by atoms with Gasteiger partial charge in [0, 0.05) is 33.0 Å². The smallest absolute Gasteiger partial charge is 0.164 e. The largest absolute Gasteiger partial charge is 0.455 e. The average Bonchev–Trinajstić information content (AvgIpc) is 3.78. The number of nitrogens with zero attached hydrogens (tertiary/aromatic N) is 3. The molecule has 0 aliphatic carbocycles.